The Hall–Kier alpha value is -1.41. The fourth-order valence-electron chi connectivity index (χ4n) is 3.52. The molecule has 1 aromatic heterocycles. The maximum Gasteiger partial charge on any atom is 0.0705 e. The number of aromatic nitrogens is 1. The summed E-state index contributed by atoms with van der Waals surface area (Å²) in [5.74, 6) is 0.626. The summed E-state index contributed by atoms with van der Waals surface area (Å²) in [6, 6.07) is 10.7. The van der Waals surface area contributed by atoms with Crippen LogP contribution in [0.1, 0.15) is 56.6 Å². The van der Waals surface area contributed by atoms with E-state index in [1.165, 1.54) is 55.9 Å². The van der Waals surface area contributed by atoms with Gasteiger partial charge >= 0.3 is 0 Å². The molecule has 2 aromatic rings. The molecule has 2 heteroatoms. The fraction of sp³-hybridized carbons (Fsp3) is 0.500. The van der Waals surface area contributed by atoms with Gasteiger partial charge in [-0.2, -0.15) is 0 Å². The summed E-state index contributed by atoms with van der Waals surface area (Å²) >= 11 is 0. The highest BCUT2D eigenvalue weighted by Crippen LogP contribution is 2.33. The van der Waals surface area contributed by atoms with Crippen LogP contribution < -0.4 is 5.73 Å². The van der Waals surface area contributed by atoms with E-state index in [4.69, 9.17) is 5.73 Å². The van der Waals surface area contributed by atoms with Gasteiger partial charge in [-0.05, 0) is 36.5 Å². The highest BCUT2D eigenvalue weighted by molar-refractivity contribution is 5.82. The maximum atomic E-state index is 6.63. The van der Waals surface area contributed by atoms with Crippen LogP contribution in [0.4, 0.5) is 0 Å². The molecule has 1 aliphatic rings. The lowest BCUT2D eigenvalue weighted by Crippen LogP contribution is -2.22. The monoisotopic (exact) mass is 268 g/mol. The summed E-state index contributed by atoms with van der Waals surface area (Å²) in [6.07, 6.45) is 11.2. The van der Waals surface area contributed by atoms with Crippen molar-refractivity contribution >= 4 is 10.9 Å². The molecule has 1 saturated carbocycles. The molecule has 0 saturated heterocycles. The molecule has 2 N–H and O–H groups in total. The Morgan fingerprint density at radius 2 is 1.70 bits per heavy atom. The van der Waals surface area contributed by atoms with Gasteiger partial charge in [0.15, 0.2) is 0 Å². The highest BCUT2D eigenvalue weighted by Gasteiger charge is 2.21. The van der Waals surface area contributed by atoms with E-state index in [0.29, 0.717) is 5.92 Å². The van der Waals surface area contributed by atoms with Crippen molar-refractivity contribution in [2.75, 3.05) is 0 Å². The molecule has 0 radical (unpaired) electrons. The van der Waals surface area contributed by atoms with Gasteiger partial charge in [-0.15, -0.1) is 0 Å². The Morgan fingerprint density at radius 3 is 2.50 bits per heavy atom. The van der Waals surface area contributed by atoms with E-state index in [9.17, 15) is 0 Å². The zero-order valence-electron chi connectivity index (χ0n) is 12.1. The van der Waals surface area contributed by atoms with E-state index in [0.717, 1.165) is 5.52 Å². The van der Waals surface area contributed by atoms with Crippen LogP contribution in [0.25, 0.3) is 10.9 Å². The quantitative estimate of drug-likeness (QED) is 0.864. The summed E-state index contributed by atoms with van der Waals surface area (Å²) < 4.78 is 0. The molecule has 1 atom stereocenters. The van der Waals surface area contributed by atoms with Gasteiger partial charge in [-0.25, -0.2) is 0 Å². The van der Waals surface area contributed by atoms with Crippen LogP contribution in [0.5, 0.6) is 0 Å². The summed E-state index contributed by atoms with van der Waals surface area (Å²) in [5.41, 5.74) is 8.97. The van der Waals surface area contributed by atoms with Gasteiger partial charge in [0.05, 0.1) is 5.52 Å². The number of benzene rings is 1. The summed E-state index contributed by atoms with van der Waals surface area (Å²) in [4.78, 5) is 4.45. The number of pyridine rings is 1. The predicted octanol–water partition coefficient (Wildman–Crippen LogP) is 4.60. The van der Waals surface area contributed by atoms with Gasteiger partial charge in [-0.3, -0.25) is 4.98 Å². The molecular weight excluding hydrogens is 244 g/mol. The average Bonchev–Trinajstić information content (AvgIpc) is 2.46. The molecule has 0 aliphatic heterocycles. The van der Waals surface area contributed by atoms with Gasteiger partial charge in [-0.1, -0.05) is 50.3 Å². The first-order valence-electron chi connectivity index (χ1n) is 7.95. The van der Waals surface area contributed by atoms with Crippen LogP contribution in [0.15, 0.2) is 36.5 Å². The van der Waals surface area contributed by atoms with Crippen LogP contribution >= 0.6 is 0 Å². The van der Waals surface area contributed by atoms with Crippen LogP contribution in [0.3, 0.4) is 0 Å². The SMILES string of the molecule is NC(c1cccc2ncccc12)C1CCCCCCC1. The van der Waals surface area contributed by atoms with Crippen LogP contribution in [-0.2, 0) is 0 Å². The van der Waals surface area contributed by atoms with E-state index in [1.54, 1.807) is 0 Å². The minimum Gasteiger partial charge on any atom is -0.324 e. The molecule has 0 amide bonds. The van der Waals surface area contributed by atoms with Crippen molar-refractivity contribution in [1.82, 2.24) is 4.98 Å². The number of hydrogen-bond acceptors (Lipinski definition) is 2. The number of rotatable bonds is 2. The van der Waals surface area contributed by atoms with Crippen molar-refractivity contribution in [1.29, 1.82) is 0 Å². The molecule has 106 valence electrons. The molecule has 1 unspecified atom stereocenters. The Balaban J connectivity index is 1.89. The van der Waals surface area contributed by atoms with E-state index < -0.39 is 0 Å². The van der Waals surface area contributed by atoms with Gasteiger partial charge in [0.2, 0.25) is 0 Å². The third-order valence-corrected chi connectivity index (χ3v) is 4.70. The number of hydrogen-bond donors (Lipinski definition) is 1. The smallest absolute Gasteiger partial charge is 0.0705 e. The number of fused-ring (bicyclic) bond motifs is 1. The first-order chi connectivity index (χ1) is 9.86. The van der Waals surface area contributed by atoms with Gasteiger partial charge in [0, 0.05) is 17.6 Å². The van der Waals surface area contributed by atoms with Gasteiger partial charge in [0.25, 0.3) is 0 Å². The second-order valence-corrected chi connectivity index (χ2v) is 6.05. The second-order valence-electron chi connectivity index (χ2n) is 6.05. The topological polar surface area (TPSA) is 38.9 Å². The molecule has 0 spiro atoms. The lowest BCUT2D eigenvalue weighted by Gasteiger charge is -2.27. The van der Waals surface area contributed by atoms with Gasteiger partial charge < -0.3 is 5.73 Å². The first kappa shape index (κ1) is 13.6. The molecule has 1 aliphatic carbocycles. The van der Waals surface area contributed by atoms with Crippen molar-refractivity contribution in [3.8, 4) is 0 Å². The Labute approximate surface area is 121 Å². The zero-order valence-corrected chi connectivity index (χ0v) is 12.1. The maximum absolute atomic E-state index is 6.63. The predicted molar refractivity (Wildman–Crippen MR) is 84.5 cm³/mol. The van der Waals surface area contributed by atoms with Crippen molar-refractivity contribution in [2.24, 2.45) is 11.7 Å². The molecule has 1 aromatic carbocycles. The molecule has 2 nitrogen and oxygen atoms in total. The normalized spacial score (nSPS) is 19.4. The molecule has 3 rings (SSSR count). The largest absolute Gasteiger partial charge is 0.324 e. The zero-order chi connectivity index (χ0) is 13.8. The molecule has 20 heavy (non-hydrogen) atoms. The Kier molecular flexibility index (Phi) is 4.31. The second kappa shape index (κ2) is 6.36. The van der Waals surface area contributed by atoms with Gasteiger partial charge in [0.1, 0.15) is 0 Å². The fourth-order valence-corrected chi connectivity index (χ4v) is 3.52. The summed E-state index contributed by atoms with van der Waals surface area (Å²) in [7, 11) is 0. The van der Waals surface area contributed by atoms with Crippen molar-refractivity contribution in [2.45, 2.75) is 51.0 Å². The first-order valence-corrected chi connectivity index (χ1v) is 7.95. The lowest BCUT2D eigenvalue weighted by atomic mass is 9.82. The summed E-state index contributed by atoms with van der Waals surface area (Å²) in [6.45, 7) is 0. The Bertz CT molecular complexity index is 551. The molecule has 0 bridgehead atoms. The van der Waals surface area contributed by atoms with E-state index >= 15 is 0 Å². The van der Waals surface area contributed by atoms with Crippen molar-refractivity contribution < 1.29 is 0 Å². The molecule has 1 fully saturated rings. The highest BCUT2D eigenvalue weighted by atomic mass is 14.7. The third-order valence-electron chi connectivity index (χ3n) is 4.70. The molecular formula is C18H24N2. The van der Waals surface area contributed by atoms with Crippen LogP contribution in [-0.4, -0.2) is 4.98 Å². The number of nitrogens with zero attached hydrogens (tertiary/aromatic N) is 1. The van der Waals surface area contributed by atoms with E-state index in [-0.39, 0.29) is 6.04 Å². The Morgan fingerprint density at radius 1 is 0.950 bits per heavy atom. The van der Waals surface area contributed by atoms with Crippen molar-refractivity contribution in [3.63, 3.8) is 0 Å². The lowest BCUT2D eigenvalue weighted by molar-refractivity contribution is 0.328. The van der Waals surface area contributed by atoms with E-state index in [2.05, 4.69) is 29.2 Å². The van der Waals surface area contributed by atoms with E-state index in [1.807, 2.05) is 12.3 Å². The molecule has 1 heterocycles. The van der Waals surface area contributed by atoms with Crippen molar-refractivity contribution in [3.05, 3.63) is 42.1 Å². The summed E-state index contributed by atoms with van der Waals surface area (Å²) in [5, 5.41) is 1.23. The number of nitrogens with two attached hydrogens (primary N) is 1. The van der Waals surface area contributed by atoms with Crippen LogP contribution in [0.2, 0.25) is 0 Å². The minimum atomic E-state index is 0.154. The average molecular weight is 268 g/mol. The standard InChI is InChI=1S/C18H24N2/c19-18(14-8-4-2-1-3-5-9-14)16-10-6-12-17-15(16)11-7-13-20-17/h6-7,10-14,18H,1-5,8-9,19H2. The minimum absolute atomic E-state index is 0.154. The third kappa shape index (κ3) is 2.85. The van der Waals surface area contributed by atoms with Crippen LogP contribution in [0, 0.1) is 5.92 Å².